The van der Waals surface area contributed by atoms with E-state index in [1.165, 1.54) is 0 Å². The number of nitrogens with zero attached hydrogens (tertiary/aromatic N) is 6. The molecule has 0 spiro atoms. The largest absolute Gasteiger partial charge is 0.258 e. The molecule has 312 valence electrons. The molecule has 6 nitrogen and oxygen atoms in total. The Hall–Kier alpha value is -8.74. The smallest absolute Gasteiger partial charge is 0.164 e. The van der Waals surface area contributed by atoms with Gasteiger partial charge in [0.15, 0.2) is 23.3 Å². The number of rotatable bonds is 9. The van der Waals surface area contributed by atoms with Crippen LogP contribution in [0.5, 0.6) is 0 Å². The third-order valence-corrected chi connectivity index (χ3v) is 12.0. The first-order valence-corrected chi connectivity index (χ1v) is 22.1. The zero-order valence-corrected chi connectivity index (χ0v) is 36.5. The molecule has 0 N–H and O–H groups in total. The Balaban J connectivity index is 1.09. The van der Waals surface area contributed by atoms with Gasteiger partial charge in [-0.3, -0.25) is 4.98 Å². The van der Waals surface area contributed by atoms with E-state index in [1.54, 1.807) is 0 Å². The molecule has 0 unspecified atom stereocenters. The molecule has 0 bridgehead atoms. The fraction of sp³-hybridized carbons (Fsp3) is 0.0333. The highest BCUT2D eigenvalue weighted by atomic mass is 15.0. The molecule has 0 aliphatic carbocycles. The van der Waals surface area contributed by atoms with Crippen molar-refractivity contribution in [2.75, 3.05) is 0 Å². The van der Waals surface area contributed by atoms with Crippen molar-refractivity contribution in [1.29, 1.82) is 0 Å². The summed E-state index contributed by atoms with van der Waals surface area (Å²) >= 11 is 0. The van der Waals surface area contributed by atoms with Gasteiger partial charge in [0.25, 0.3) is 0 Å². The predicted molar refractivity (Wildman–Crippen MR) is 269 cm³/mol. The van der Waals surface area contributed by atoms with Crippen molar-refractivity contribution in [1.82, 2.24) is 29.9 Å². The number of hydrogen-bond donors (Lipinski definition) is 0. The molecule has 11 aromatic rings. The fourth-order valence-corrected chi connectivity index (χ4v) is 8.71. The highest BCUT2D eigenvalue weighted by Crippen LogP contribution is 2.40. The first-order chi connectivity index (χ1) is 32.5. The summed E-state index contributed by atoms with van der Waals surface area (Å²) in [6.07, 6.45) is 0. The molecule has 0 radical (unpaired) electrons. The Morgan fingerprint density at radius 3 is 1.44 bits per heavy atom. The van der Waals surface area contributed by atoms with Gasteiger partial charge >= 0.3 is 0 Å². The topological polar surface area (TPSA) is 77.3 Å². The first kappa shape index (κ1) is 40.1. The van der Waals surface area contributed by atoms with Gasteiger partial charge in [0.2, 0.25) is 0 Å². The minimum Gasteiger partial charge on any atom is -0.258 e. The monoisotopic (exact) mass is 846 g/mol. The van der Waals surface area contributed by atoms with Crippen LogP contribution in [0, 0.1) is 13.8 Å². The van der Waals surface area contributed by atoms with Gasteiger partial charge in [0, 0.05) is 50.3 Å². The van der Waals surface area contributed by atoms with Crippen molar-refractivity contribution in [3.8, 4) is 101 Å². The van der Waals surface area contributed by atoms with Gasteiger partial charge in [0.1, 0.15) is 0 Å². The quantitative estimate of drug-likeness (QED) is 0.144. The standard InChI is InChI=1S/C60H42N6/c1-39-32-33-50(40(2)61-39)48-35-47(45-26-16-27-46(34-45)59-65-57(43-21-8-4-9-22-43)64-58(66-59)44-23-10-5-11-24-44)36-49(37-48)52-29-14-15-30-53(52)56-38-55(42-19-6-3-7-20-42)62-60(63-56)54-31-17-25-41-18-12-13-28-51(41)54/h3-38H,1-2H3. The zero-order valence-electron chi connectivity index (χ0n) is 36.5. The van der Waals surface area contributed by atoms with E-state index in [2.05, 4.69) is 159 Å². The van der Waals surface area contributed by atoms with E-state index in [-0.39, 0.29) is 0 Å². The number of fused-ring (bicyclic) bond motifs is 1. The van der Waals surface area contributed by atoms with E-state index >= 15 is 0 Å². The second-order valence-corrected chi connectivity index (χ2v) is 16.4. The third kappa shape index (κ3) is 8.04. The van der Waals surface area contributed by atoms with Crippen molar-refractivity contribution in [2.24, 2.45) is 0 Å². The summed E-state index contributed by atoms with van der Waals surface area (Å²) in [5.74, 6) is 2.52. The van der Waals surface area contributed by atoms with E-state index < -0.39 is 0 Å². The molecule has 11 rings (SSSR count). The second kappa shape index (κ2) is 17.4. The Labute approximate surface area is 384 Å². The minimum absolute atomic E-state index is 0.602. The number of hydrogen-bond acceptors (Lipinski definition) is 6. The molecule has 0 amide bonds. The zero-order chi connectivity index (χ0) is 44.4. The Morgan fingerprint density at radius 1 is 0.258 bits per heavy atom. The average molecular weight is 847 g/mol. The lowest BCUT2D eigenvalue weighted by atomic mass is 9.90. The van der Waals surface area contributed by atoms with E-state index in [4.69, 9.17) is 29.9 Å². The summed E-state index contributed by atoms with van der Waals surface area (Å²) in [6, 6.07) is 75.5. The summed E-state index contributed by atoms with van der Waals surface area (Å²) in [4.78, 5) is 30.6. The molecular weight excluding hydrogens is 805 g/mol. The summed E-state index contributed by atoms with van der Waals surface area (Å²) in [5.41, 5.74) is 15.7. The highest BCUT2D eigenvalue weighted by molar-refractivity contribution is 5.96. The predicted octanol–water partition coefficient (Wildman–Crippen LogP) is 14.8. The van der Waals surface area contributed by atoms with Crippen LogP contribution in [0.15, 0.2) is 218 Å². The van der Waals surface area contributed by atoms with Gasteiger partial charge in [-0.25, -0.2) is 24.9 Å². The maximum absolute atomic E-state index is 5.38. The van der Waals surface area contributed by atoms with Gasteiger partial charge in [-0.05, 0) is 88.8 Å². The SMILES string of the molecule is Cc1ccc(-c2cc(-c3cccc(-c4nc(-c5ccccc5)nc(-c5ccccc5)n4)c3)cc(-c3ccccc3-c3cc(-c4ccccc4)nc(-c4cccc5ccccc45)n3)c2)c(C)n1. The van der Waals surface area contributed by atoms with Gasteiger partial charge < -0.3 is 0 Å². The van der Waals surface area contributed by atoms with Crippen molar-refractivity contribution >= 4 is 10.8 Å². The maximum atomic E-state index is 5.38. The van der Waals surface area contributed by atoms with Crippen molar-refractivity contribution < 1.29 is 0 Å². The van der Waals surface area contributed by atoms with Crippen LogP contribution in [0.25, 0.3) is 112 Å². The molecule has 66 heavy (non-hydrogen) atoms. The van der Waals surface area contributed by atoms with Crippen LogP contribution in [0.3, 0.4) is 0 Å². The van der Waals surface area contributed by atoms with Crippen LogP contribution < -0.4 is 0 Å². The summed E-state index contributed by atoms with van der Waals surface area (Å²) < 4.78 is 0. The molecule has 0 fully saturated rings. The average Bonchev–Trinajstić information content (AvgIpc) is 3.39. The van der Waals surface area contributed by atoms with Gasteiger partial charge in [-0.1, -0.05) is 182 Å². The van der Waals surface area contributed by atoms with E-state index in [1.807, 2.05) is 73.7 Å². The Morgan fingerprint density at radius 2 is 0.742 bits per heavy atom. The Bertz CT molecular complexity index is 3490. The maximum Gasteiger partial charge on any atom is 0.164 e. The lowest BCUT2D eigenvalue weighted by Crippen LogP contribution is -2.00. The number of benzene rings is 8. The van der Waals surface area contributed by atoms with Gasteiger partial charge in [0.05, 0.1) is 11.4 Å². The fourth-order valence-electron chi connectivity index (χ4n) is 8.71. The van der Waals surface area contributed by atoms with Crippen LogP contribution in [-0.2, 0) is 0 Å². The molecule has 0 atom stereocenters. The van der Waals surface area contributed by atoms with Gasteiger partial charge in [-0.2, -0.15) is 0 Å². The molecular formula is C60H42N6. The van der Waals surface area contributed by atoms with Crippen molar-refractivity contribution in [3.05, 3.63) is 230 Å². The summed E-state index contributed by atoms with van der Waals surface area (Å²) in [5, 5.41) is 2.25. The van der Waals surface area contributed by atoms with Crippen LogP contribution in [0.1, 0.15) is 11.4 Å². The Kier molecular flexibility index (Phi) is 10.6. The van der Waals surface area contributed by atoms with Crippen LogP contribution in [0.4, 0.5) is 0 Å². The molecule has 3 heterocycles. The van der Waals surface area contributed by atoms with Crippen LogP contribution >= 0.6 is 0 Å². The number of pyridine rings is 1. The molecule has 8 aromatic carbocycles. The second-order valence-electron chi connectivity index (χ2n) is 16.4. The van der Waals surface area contributed by atoms with Crippen LogP contribution in [0.2, 0.25) is 0 Å². The third-order valence-electron chi connectivity index (χ3n) is 12.0. The van der Waals surface area contributed by atoms with Crippen molar-refractivity contribution in [2.45, 2.75) is 13.8 Å². The normalized spacial score (nSPS) is 11.2. The molecule has 0 saturated carbocycles. The van der Waals surface area contributed by atoms with Gasteiger partial charge in [-0.15, -0.1) is 0 Å². The van der Waals surface area contributed by atoms with E-state index in [0.717, 1.165) is 100 Å². The lowest BCUT2D eigenvalue weighted by Gasteiger charge is -2.17. The van der Waals surface area contributed by atoms with E-state index in [9.17, 15) is 0 Å². The first-order valence-electron chi connectivity index (χ1n) is 22.1. The molecule has 6 heteroatoms. The number of aromatic nitrogens is 6. The number of aryl methyl sites for hydroxylation is 2. The lowest BCUT2D eigenvalue weighted by molar-refractivity contribution is 1.07. The molecule has 0 aliphatic rings. The molecule has 3 aromatic heterocycles. The minimum atomic E-state index is 0.602. The summed E-state index contributed by atoms with van der Waals surface area (Å²) in [6.45, 7) is 4.12. The van der Waals surface area contributed by atoms with Crippen molar-refractivity contribution in [3.63, 3.8) is 0 Å². The molecule has 0 saturated heterocycles. The van der Waals surface area contributed by atoms with Crippen LogP contribution in [-0.4, -0.2) is 29.9 Å². The van der Waals surface area contributed by atoms with E-state index in [0.29, 0.717) is 23.3 Å². The summed E-state index contributed by atoms with van der Waals surface area (Å²) in [7, 11) is 0. The highest BCUT2D eigenvalue weighted by Gasteiger charge is 2.19. The molecule has 0 aliphatic heterocycles.